The molecule has 1 heterocycles. The quantitative estimate of drug-likeness (QED) is 0.249. The van der Waals surface area contributed by atoms with Crippen LogP contribution in [0.4, 0.5) is 0 Å². The first-order chi connectivity index (χ1) is 15.4. The Labute approximate surface area is 195 Å². The van der Waals surface area contributed by atoms with Crippen LogP contribution in [0.2, 0.25) is 0 Å². The van der Waals surface area contributed by atoms with Gasteiger partial charge in [0.1, 0.15) is 5.78 Å². The number of aliphatic hydroxyl groups is 2. The molecule has 6 heteroatoms. The van der Waals surface area contributed by atoms with Gasteiger partial charge in [0, 0.05) is 35.0 Å². The van der Waals surface area contributed by atoms with Crippen LogP contribution in [0.25, 0.3) is 0 Å². The largest absolute Gasteiger partial charge is 0.469 e. The number of rotatable bonds is 13. The number of ketones is 1. The summed E-state index contributed by atoms with van der Waals surface area (Å²) in [5.41, 5.74) is -0.0249. The Bertz CT molecular complexity index is 752. The number of carbonyl (C=O) groups is 2. The molecule has 178 valence electrons. The van der Waals surface area contributed by atoms with E-state index in [9.17, 15) is 19.8 Å². The Kier molecular flexibility index (Phi) is 9.50. The summed E-state index contributed by atoms with van der Waals surface area (Å²) >= 11 is 1.75. The molecule has 0 saturated heterocycles. The number of Topliss-reactive ketones (excluding diaryl/α,β-unsaturated/α-hetero) is 1. The Morgan fingerprint density at radius 1 is 1.31 bits per heavy atom. The molecule has 0 aromatic carbocycles. The molecule has 0 amide bonds. The third-order valence-corrected chi connectivity index (χ3v) is 8.36. The van der Waals surface area contributed by atoms with Crippen LogP contribution in [0.3, 0.4) is 0 Å². The number of aliphatic hydroxyl groups excluding tert-OH is 2. The minimum Gasteiger partial charge on any atom is -0.469 e. The van der Waals surface area contributed by atoms with Crippen molar-refractivity contribution in [2.75, 3.05) is 7.11 Å². The molecule has 1 aromatic heterocycles. The molecule has 0 radical (unpaired) electrons. The summed E-state index contributed by atoms with van der Waals surface area (Å²) in [6, 6.07) is 4.21. The topological polar surface area (TPSA) is 83.8 Å². The van der Waals surface area contributed by atoms with Crippen LogP contribution in [0, 0.1) is 17.3 Å². The van der Waals surface area contributed by atoms with Crippen molar-refractivity contribution in [2.24, 2.45) is 17.3 Å². The van der Waals surface area contributed by atoms with Crippen LogP contribution in [-0.4, -0.2) is 41.3 Å². The van der Waals surface area contributed by atoms with Gasteiger partial charge in [-0.1, -0.05) is 43.9 Å². The molecule has 2 N–H and O–H groups in total. The first-order valence-corrected chi connectivity index (χ1v) is 13.0. The maximum atomic E-state index is 12.4. The van der Waals surface area contributed by atoms with Crippen LogP contribution < -0.4 is 0 Å². The summed E-state index contributed by atoms with van der Waals surface area (Å²) in [5, 5.41) is 23.5. The van der Waals surface area contributed by atoms with E-state index in [2.05, 4.69) is 22.2 Å². The molecular formula is C26H38O5S. The second-order valence-corrected chi connectivity index (χ2v) is 10.6. The van der Waals surface area contributed by atoms with Gasteiger partial charge in [0.2, 0.25) is 0 Å². The van der Waals surface area contributed by atoms with E-state index < -0.39 is 12.2 Å². The second kappa shape index (κ2) is 12.1. The highest BCUT2D eigenvalue weighted by molar-refractivity contribution is 7.09. The van der Waals surface area contributed by atoms with Crippen molar-refractivity contribution < 1.29 is 24.5 Å². The minimum absolute atomic E-state index is 0.0249. The second-order valence-electron chi connectivity index (χ2n) is 9.60. The maximum Gasteiger partial charge on any atom is 0.305 e. The molecule has 2 aliphatic rings. The summed E-state index contributed by atoms with van der Waals surface area (Å²) in [7, 11) is 1.40. The molecule has 4 atom stereocenters. The predicted molar refractivity (Wildman–Crippen MR) is 126 cm³/mol. The normalized spacial score (nSPS) is 25.7. The molecule has 2 fully saturated rings. The lowest BCUT2D eigenvalue weighted by Gasteiger charge is -2.45. The molecule has 1 aromatic rings. The number of ether oxygens (including phenoxy) is 1. The van der Waals surface area contributed by atoms with Gasteiger partial charge in [-0.2, -0.15) is 0 Å². The average Bonchev–Trinajstić information content (AvgIpc) is 3.35. The summed E-state index contributed by atoms with van der Waals surface area (Å²) in [4.78, 5) is 24.9. The van der Waals surface area contributed by atoms with E-state index in [1.165, 1.54) is 18.4 Å². The van der Waals surface area contributed by atoms with E-state index in [1.54, 1.807) is 11.3 Å². The molecule has 0 spiro atoms. The molecule has 1 unspecified atom stereocenters. The van der Waals surface area contributed by atoms with E-state index in [4.69, 9.17) is 0 Å². The highest BCUT2D eigenvalue weighted by atomic mass is 32.1. The fourth-order valence-electron chi connectivity index (χ4n) is 5.31. The van der Waals surface area contributed by atoms with Crippen LogP contribution in [0.5, 0.6) is 0 Å². The van der Waals surface area contributed by atoms with Gasteiger partial charge < -0.3 is 14.9 Å². The lowest BCUT2D eigenvalue weighted by Crippen LogP contribution is -2.42. The fourth-order valence-corrected chi connectivity index (χ4v) is 6.17. The fraction of sp³-hybridized carbons (Fsp3) is 0.692. The smallest absolute Gasteiger partial charge is 0.305 e. The molecule has 2 saturated carbocycles. The van der Waals surface area contributed by atoms with Gasteiger partial charge in [-0.05, 0) is 50.0 Å². The van der Waals surface area contributed by atoms with Gasteiger partial charge in [0.25, 0.3) is 0 Å². The standard InChI is InChI=1S/C26H38O5S/c1-31-25(30)13-5-3-2-4-10-20-21(23(28)17-22(20)27)11-6-12-24(29)26(14-8-15-26)18-19-9-7-16-32-19/h6-7,9,11,16,20-21,23-24,28-29H,2-5,8,10,12-15,17-18H2,1H3/b11-6+/t20-,21-,23-,24?/m1/s1. The minimum atomic E-state index is -0.621. The first kappa shape index (κ1) is 25.1. The molecule has 5 nitrogen and oxygen atoms in total. The summed E-state index contributed by atoms with van der Waals surface area (Å²) in [6.45, 7) is 0. The number of hydrogen-bond acceptors (Lipinski definition) is 6. The Morgan fingerprint density at radius 2 is 2.09 bits per heavy atom. The van der Waals surface area contributed by atoms with Crippen molar-refractivity contribution >= 4 is 23.1 Å². The lowest BCUT2D eigenvalue weighted by atomic mass is 9.62. The van der Waals surface area contributed by atoms with Crippen LogP contribution in [0.1, 0.15) is 75.5 Å². The zero-order chi connectivity index (χ0) is 23.0. The van der Waals surface area contributed by atoms with Crippen molar-refractivity contribution in [1.29, 1.82) is 0 Å². The number of methoxy groups -OCH3 is 1. The number of carbonyl (C=O) groups excluding carboxylic acids is 2. The monoisotopic (exact) mass is 462 g/mol. The first-order valence-electron chi connectivity index (χ1n) is 12.1. The third kappa shape index (κ3) is 6.52. The molecule has 0 aliphatic heterocycles. The van der Waals surface area contributed by atoms with Crippen molar-refractivity contribution in [2.45, 2.75) is 89.3 Å². The summed E-state index contributed by atoms with van der Waals surface area (Å²) in [6.07, 6.45) is 12.8. The zero-order valence-corrected chi connectivity index (χ0v) is 20.0. The van der Waals surface area contributed by atoms with Crippen LogP contribution >= 0.6 is 11.3 Å². The average molecular weight is 463 g/mol. The molecule has 3 rings (SSSR count). The predicted octanol–water partition coefficient (Wildman–Crippen LogP) is 4.85. The van der Waals surface area contributed by atoms with Crippen molar-refractivity contribution in [3.63, 3.8) is 0 Å². The third-order valence-electron chi connectivity index (χ3n) is 7.49. The number of unbranched alkanes of at least 4 members (excludes halogenated alkanes) is 3. The van der Waals surface area contributed by atoms with Gasteiger partial charge >= 0.3 is 5.97 Å². The highest BCUT2D eigenvalue weighted by Gasteiger charge is 2.43. The van der Waals surface area contributed by atoms with Crippen LogP contribution in [-0.2, 0) is 20.7 Å². The maximum absolute atomic E-state index is 12.4. The number of hydrogen-bond donors (Lipinski definition) is 2. The van der Waals surface area contributed by atoms with E-state index >= 15 is 0 Å². The van der Waals surface area contributed by atoms with Crippen molar-refractivity contribution in [3.8, 4) is 0 Å². The van der Waals surface area contributed by atoms with E-state index in [-0.39, 0.29) is 35.4 Å². The molecule has 0 bridgehead atoms. The molecule has 32 heavy (non-hydrogen) atoms. The summed E-state index contributed by atoms with van der Waals surface area (Å²) in [5.74, 6) is -0.317. The lowest BCUT2D eigenvalue weighted by molar-refractivity contribution is -0.140. The van der Waals surface area contributed by atoms with E-state index in [0.717, 1.165) is 51.4 Å². The van der Waals surface area contributed by atoms with E-state index in [1.807, 2.05) is 12.2 Å². The number of esters is 1. The van der Waals surface area contributed by atoms with Gasteiger partial charge in [-0.3, -0.25) is 9.59 Å². The highest BCUT2D eigenvalue weighted by Crippen LogP contribution is 2.48. The van der Waals surface area contributed by atoms with Gasteiger partial charge in [-0.25, -0.2) is 0 Å². The Hall–Kier alpha value is -1.50. The van der Waals surface area contributed by atoms with Crippen molar-refractivity contribution in [3.05, 3.63) is 34.5 Å². The SMILES string of the molecule is COC(=O)CCCCCC[C@H]1C(=O)C[C@@H](O)[C@@H]1/C=C/CC(O)C1(Cc2cccs2)CCC1. The summed E-state index contributed by atoms with van der Waals surface area (Å²) < 4.78 is 4.65. The van der Waals surface area contributed by atoms with Crippen molar-refractivity contribution in [1.82, 2.24) is 0 Å². The molecule has 2 aliphatic carbocycles. The van der Waals surface area contributed by atoms with E-state index in [0.29, 0.717) is 12.8 Å². The molecular weight excluding hydrogens is 424 g/mol. The van der Waals surface area contributed by atoms with Gasteiger partial charge in [0.15, 0.2) is 0 Å². The zero-order valence-electron chi connectivity index (χ0n) is 19.2. The van der Waals surface area contributed by atoms with Gasteiger partial charge in [-0.15, -0.1) is 11.3 Å². The van der Waals surface area contributed by atoms with Gasteiger partial charge in [0.05, 0.1) is 19.3 Å². The Morgan fingerprint density at radius 3 is 2.75 bits per heavy atom. The van der Waals surface area contributed by atoms with Crippen LogP contribution in [0.15, 0.2) is 29.7 Å². The number of thiophene rings is 1. The Balaban J connectivity index is 1.46.